The number of nitrogens with zero attached hydrogens (tertiary/aromatic N) is 5. The van der Waals surface area contributed by atoms with Crippen molar-refractivity contribution < 1.29 is 9.90 Å². The number of hydrogen-bond acceptors (Lipinski definition) is 6. The van der Waals surface area contributed by atoms with Gasteiger partial charge in [-0.3, -0.25) is 4.79 Å². The van der Waals surface area contributed by atoms with Crippen LogP contribution in [0.4, 0.5) is 0 Å². The molecule has 26 heavy (non-hydrogen) atoms. The smallest absolute Gasteiger partial charge is 0.200 e. The number of para-hydroxylation sites is 1. The molecule has 0 aliphatic carbocycles. The van der Waals surface area contributed by atoms with Crippen LogP contribution in [0, 0.1) is 0 Å². The molecule has 7 heteroatoms. The summed E-state index contributed by atoms with van der Waals surface area (Å²) in [5, 5.41) is 21.9. The van der Waals surface area contributed by atoms with Gasteiger partial charge >= 0.3 is 0 Å². The van der Waals surface area contributed by atoms with Gasteiger partial charge in [0.1, 0.15) is 12.3 Å². The third-order valence-corrected chi connectivity index (χ3v) is 4.11. The largest absolute Gasteiger partial charge is 0.388 e. The zero-order chi connectivity index (χ0) is 17.9. The minimum atomic E-state index is -0.496. The van der Waals surface area contributed by atoms with Gasteiger partial charge in [-0.05, 0) is 28.1 Å². The Morgan fingerprint density at radius 2 is 1.81 bits per heavy atom. The van der Waals surface area contributed by atoms with Crippen LogP contribution in [0.1, 0.15) is 15.9 Å². The molecule has 2 aromatic heterocycles. The number of Topliss-reactive ketones (excluding diaryl/α,β-unsaturated/α-hetero) is 1. The zero-order valence-electron chi connectivity index (χ0n) is 13.8. The molecule has 0 saturated carbocycles. The number of ketones is 1. The second kappa shape index (κ2) is 6.81. The Hall–Kier alpha value is -3.45. The summed E-state index contributed by atoms with van der Waals surface area (Å²) in [5.41, 5.74) is 2.99. The molecular formula is C19H15N5O2. The number of carbonyl (C=O) groups is 1. The number of carbonyl (C=O) groups excluding carboxylic acids is 1. The Morgan fingerprint density at radius 1 is 1.00 bits per heavy atom. The summed E-state index contributed by atoms with van der Waals surface area (Å²) in [7, 11) is 0. The first-order valence-electron chi connectivity index (χ1n) is 8.10. The quantitative estimate of drug-likeness (QED) is 0.557. The van der Waals surface area contributed by atoms with E-state index in [4.69, 9.17) is 5.11 Å². The van der Waals surface area contributed by atoms with Crippen molar-refractivity contribution in [3.8, 4) is 11.5 Å². The van der Waals surface area contributed by atoms with Gasteiger partial charge in [-0.1, -0.05) is 48.5 Å². The lowest BCUT2D eigenvalue weighted by molar-refractivity contribution is 0.0903. The highest BCUT2D eigenvalue weighted by Crippen LogP contribution is 2.19. The first-order valence-corrected chi connectivity index (χ1v) is 8.10. The molecule has 0 unspecified atom stereocenters. The van der Waals surface area contributed by atoms with E-state index in [0.717, 1.165) is 16.5 Å². The van der Waals surface area contributed by atoms with E-state index in [-0.39, 0.29) is 5.78 Å². The molecule has 0 fully saturated rings. The highest BCUT2D eigenvalue weighted by molar-refractivity contribution is 5.96. The number of aliphatic hydroxyl groups is 1. The fraction of sp³-hybridized carbons (Fsp3) is 0.105. The van der Waals surface area contributed by atoms with Crippen LogP contribution in [0.3, 0.4) is 0 Å². The van der Waals surface area contributed by atoms with E-state index in [0.29, 0.717) is 23.6 Å². The summed E-state index contributed by atoms with van der Waals surface area (Å²) in [5.74, 6) is 0.270. The lowest BCUT2D eigenvalue weighted by Crippen LogP contribution is -2.07. The summed E-state index contributed by atoms with van der Waals surface area (Å²) < 4.78 is 1.67. The Balaban J connectivity index is 1.63. The maximum absolute atomic E-state index is 11.5. The van der Waals surface area contributed by atoms with Gasteiger partial charge in [-0.25, -0.2) is 9.67 Å². The third kappa shape index (κ3) is 3.07. The lowest BCUT2D eigenvalue weighted by Gasteiger charge is -2.06. The van der Waals surface area contributed by atoms with Crippen LogP contribution in [-0.2, 0) is 6.54 Å². The number of tetrazole rings is 1. The van der Waals surface area contributed by atoms with E-state index in [1.165, 1.54) is 0 Å². The third-order valence-electron chi connectivity index (χ3n) is 4.11. The van der Waals surface area contributed by atoms with Crippen LogP contribution in [0.2, 0.25) is 0 Å². The summed E-state index contributed by atoms with van der Waals surface area (Å²) in [6.45, 7) is -0.0471. The molecule has 7 nitrogen and oxygen atoms in total. The molecular weight excluding hydrogens is 330 g/mol. The highest BCUT2D eigenvalue weighted by atomic mass is 16.3. The van der Waals surface area contributed by atoms with Crippen molar-refractivity contribution in [3.05, 3.63) is 71.8 Å². The number of benzene rings is 2. The van der Waals surface area contributed by atoms with Crippen LogP contribution in [0.15, 0.2) is 60.7 Å². The van der Waals surface area contributed by atoms with Crippen molar-refractivity contribution in [1.82, 2.24) is 25.2 Å². The second-order valence-electron chi connectivity index (χ2n) is 5.83. The lowest BCUT2D eigenvalue weighted by atomic mass is 10.1. The number of hydrogen-bond donors (Lipinski definition) is 1. The van der Waals surface area contributed by atoms with Crippen LogP contribution in [-0.4, -0.2) is 42.7 Å². The van der Waals surface area contributed by atoms with E-state index in [2.05, 4.69) is 20.5 Å². The number of aliphatic hydroxyl groups excluding tert-OH is 1. The molecule has 0 radical (unpaired) electrons. The van der Waals surface area contributed by atoms with Crippen molar-refractivity contribution in [3.63, 3.8) is 0 Å². The fourth-order valence-corrected chi connectivity index (χ4v) is 2.75. The molecule has 1 N–H and O–H groups in total. The Bertz CT molecular complexity index is 1070. The molecule has 128 valence electrons. The zero-order valence-corrected chi connectivity index (χ0v) is 13.8. The maximum atomic E-state index is 11.5. The molecule has 4 rings (SSSR count). The van der Waals surface area contributed by atoms with Crippen molar-refractivity contribution in [2.75, 3.05) is 6.61 Å². The van der Waals surface area contributed by atoms with Crippen molar-refractivity contribution >= 4 is 16.7 Å². The van der Waals surface area contributed by atoms with Gasteiger partial charge in [-0.2, -0.15) is 0 Å². The number of fused-ring (bicyclic) bond motifs is 1. The standard InChI is InChI=1S/C19H15N5O2/c25-12-18(26)15-7-5-13(6-8-15)11-24-19(21-22-23-24)17-10-9-14-3-1-2-4-16(14)20-17/h1-10,25H,11-12H2. The van der Waals surface area contributed by atoms with Gasteiger partial charge < -0.3 is 5.11 Å². The van der Waals surface area contributed by atoms with Crippen LogP contribution < -0.4 is 0 Å². The maximum Gasteiger partial charge on any atom is 0.200 e. The van der Waals surface area contributed by atoms with E-state index in [1.807, 2.05) is 48.5 Å². The van der Waals surface area contributed by atoms with Crippen molar-refractivity contribution in [2.24, 2.45) is 0 Å². The highest BCUT2D eigenvalue weighted by Gasteiger charge is 2.12. The Kier molecular flexibility index (Phi) is 4.20. The topological polar surface area (TPSA) is 93.8 Å². The summed E-state index contributed by atoms with van der Waals surface area (Å²) in [4.78, 5) is 16.1. The van der Waals surface area contributed by atoms with Crippen molar-refractivity contribution in [1.29, 1.82) is 0 Å². The van der Waals surface area contributed by atoms with Gasteiger partial charge in [0.2, 0.25) is 5.82 Å². The molecule has 0 amide bonds. The first kappa shape index (κ1) is 16.0. The van der Waals surface area contributed by atoms with Gasteiger partial charge in [0.05, 0.1) is 12.1 Å². The second-order valence-corrected chi connectivity index (χ2v) is 5.83. The minimum Gasteiger partial charge on any atom is -0.388 e. The van der Waals surface area contributed by atoms with Gasteiger partial charge in [0.25, 0.3) is 0 Å². The summed E-state index contributed by atoms with van der Waals surface area (Å²) in [6.07, 6.45) is 0. The summed E-state index contributed by atoms with van der Waals surface area (Å²) in [6, 6.07) is 18.8. The summed E-state index contributed by atoms with van der Waals surface area (Å²) >= 11 is 0. The van der Waals surface area contributed by atoms with Crippen molar-refractivity contribution in [2.45, 2.75) is 6.54 Å². The average Bonchev–Trinajstić information content (AvgIpc) is 3.15. The Morgan fingerprint density at radius 3 is 2.62 bits per heavy atom. The average molecular weight is 345 g/mol. The predicted molar refractivity (Wildman–Crippen MR) is 95.5 cm³/mol. The molecule has 0 aliphatic heterocycles. The number of aromatic nitrogens is 5. The normalized spacial score (nSPS) is 11.0. The number of rotatable bonds is 5. The van der Waals surface area contributed by atoms with E-state index in [9.17, 15) is 4.79 Å². The SMILES string of the molecule is O=C(CO)c1ccc(Cn2nnnc2-c2ccc3ccccc3n2)cc1. The fourth-order valence-electron chi connectivity index (χ4n) is 2.75. The molecule has 0 saturated heterocycles. The predicted octanol–water partition coefficient (Wildman–Crippen LogP) is 2.11. The minimum absolute atomic E-state index is 0.306. The van der Waals surface area contributed by atoms with E-state index in [1.54, 1.807) is 16.8 Å². The van der Waals surface area contributed by atoms with E-state index >= 15 is 0 Å². The van der Waals surface area contributed by atoms with E-state index < -0.39 is 6.61 Å². The molecule has 0 atom stereocenters. The first-order chi connectivity index (χ1) is 12.7. The molecule has 2 heterocycles. The molecule has 2 aromatic carbocycles. The molecule has 0 spiro atoms. The van der Waals surface area contributed by atoms with Gasteiger partial charge in [-0.15, -0.1) is 5.10 Å². The van der Waals surface area contributed by atoms with Crippen LogP contribution in [0.25, 0.3) is 22.4 Å². The number of pyridine rings is 1. The Labute approximate surface area is 148 Å². The van der Waals surface area contributed by atoms with Gasteiger partial charge in [0, 0.05) is 10.9 Å². The van der Waals surface area contributed by atoms with Crippen LogP contribution >= 0.6 is 0 Å². The molecule has 4 aromatic rings. The van der Waals surface area contributed by atoms with Crippen LogP contribution in [0.5, 0.6) is 0 Å². The molecule has 0 aliphatic rings. The monoisotopic (exact) mass is 345 g/mol. The molecule has 0 bridgehead atoms. The van der Waals surface area contributed by atoms with Gasteiger partial charge in [0.15, 0.2) is 5.78 Å².